The normalized spacial score (nSPS) is 14.8. The molecule has 0 unspecified atom stereocenters. The fourth-order valence-electron chi connectivity index (χ4n) is 2.37. The SMILES string of the molecule is O=C(O)c1cnc(N2CCc3ccccc3CC2)s1. The van der Waals surface area contributed by atoms with Crippen LogP contribution in [0.25, 0.3) is 0 Å². The maximum Gasteiger partial charge on any atom is 0.347 e. The molecular weight excluding hydrogens is 260 g/mol. The number of carboxylic acid groups (broad SMARTS) is 1. The molecule has 2 aromatic rings. The van der Waals surface area contributed by atoms with Crippen molar-refractivity contribution >= 4 is 22.4 Å². The van der Waals surface area contributed by atoms with Gasteiger partial charge in [-0.1, -0.05) is 35.6 Å². The third-order valence-electron chi connectivity index (χ3n) is 3.40. The molecule has 98 valence electrons. The quantitative estimate of drug-likeness (QED) is 0.914. The van der Waals surface area contributed by atoms with Crippen LogP contribution in [0.5, 0.6) is 0 Å². The molecule has 0 radical (unpaired) electrons. The van der Waals surface area contributed by atoms with Gasteiger partial charge in [0.2, 0.25) is 0 Å². The summed E-state index contributed by atoms with van der Waals surface area (Å²) in [6, 6.07) is 8.48. The van der Waals surface area contributed by atoms with Crippen LogP contribution in [0.2, 0.25) is 0 Å². The van der Waals surface area contributed by atoms with Crippen molar-refractivity contribution in [2.24, 2.45) is 0 Å². The summed E-state index contributed by atoms with van der Waals surface area (Å²) in [4.78, 5) is 17.6. The largest absolute Gasteiger partial charge is 0.477 e. The van der Waals surface area contributed by atoms with Gasteiger partial charge in [0, 0.05) is 13.1 Å². The Morgan fingerprint density at radius 1 is 1.21 bits per heavy atom. The highest BCUT2D eigenvalue weighted by atomic mass is 32.1. The van der Waals surface area contributed by atoms with Gasteiger partial charge in [-0.3, -0.25) is 0 Å². The number of benzene rings is 1. The Morgan fingerprint density at radius 3 is 2.37 bits per heavy atom. The zero-order valence-electron chi connectivity index (χ0n) is 10.4. The highest BCUT2D eigenvalue weighted by Gasteiger charge is 2.17. The zero-order chi connectivity index (χ0) is 13.2. The number of hydrogen-bond acceptors (Lipinski definition) is 4. The number of anilines is 1. The number of carbonyl (C=O) groups is 1. The first-order valence-electron chi connectivity index (χ1n) is 6.25. The highest BCUT2D eigenvalue weighted by molar-refractivity contribution is 7.17. The molecule has 2 heterocycles. The predicted molar refractivity (Wildman–Crippen MR) is 75.1 cm³/mol. The number of aromatic carboxylic acids is 1. The summed E-state index contributed by atoms with van der Waals surface area (Å²) in [6.07, 6.45) is 3.41. The van der Waals surface area contributed by atoms with E-state index in [1.54, 1.807) is 0 Å². The molecule has 1 aromatic carbocycles. The maximum atomic E-state index is 10.9. The molecule has 4 nitrogen and oxygen atoms in total. The zero-order valence-corrected chi connectivity index (χ0v) is 11.2. The average Bonchev–Trinajstić information content (AvgIpc) is 2.80. The molecule has 0 spiro atoms. The van der Waals surface area contributed by atoms with E-state index in [0.717, 1.165) is 31.1 Å². The molecule has 19 heavy (non-hydrogen) atoms. The van der Waals surface area contributed by atoms with Gasteiger partial charge >= 0.3 is 5.97 Å². The van der Waals surface area contributed by atoms with Gasteiger partial charge in [-0.15, -0.1) is 0 Å². The third-order valence-corrected chi connectivity index (χ3v) is 4.44. The first-order valence-corrected chi connectivity index (χ1v) is 7.06. The lowest BCUT2D eigenvalue weighted by Gasteiger charge is -2.18. The van der Waals surface area contributed by atoms with Crippen molar-refractivity contribution in [3.63, 3.8) is 0 Å². The highest BCUT2D eigenvalue weighted by Crippen LogP contribution is 2.25. The first kappa shape index (κ1) is 12.2. The van der Waals surface area contributed by atoms with Gasteiger partial charge in [-0.05, 0) is 24.0 Å². The second-order valence-corrected chi connectivity index (χ2v) is 5.58. The molecule has 1 aromatic heterocycles. The number of hydrogen-bond donors (Lipinski definition) is 1. The molecule has 1 aliphatic rings. The van der Waals surface area contributed by atoms with Gasteiger partial charge in [-0.2, -0.15) is 0 Å². The van der Waals surface area contributed by atoms with Crippen molar-refractivity contribution in [1.82, 2.24) is 4.98 Å². The number of fused-ring (bicyclic) bond motifs is 1. The minimum absolute atomic E-state index is 0.303. The third kappa shape index (κ3) is 2.46. The Morgan fingerprint density at radius 2 is 1.84 bits per heavy atom. The van der Waals surface area contributed by atoms with Gasteiger partial charge in [0.25, 0.3) is 0 Å². The van der Waals surface area contributed by atoms with E-state index in [9.17, 15) is 4.79 Å². The summed E-state index contributed by atoms with van der Waals surface area (Å²) in [5.74, 6) is -0.901. The molecule has 0 saturated heterocycles. The minimum atomic E-state index is -0.901. The molecule has 0 atom stereocenters. The van der Waals surface area contributed by atoms with E-state index in [-0.39, 0.29) is 0 Å². The van der Waals surface area contributed by atoms with Crippen molar-refractivity contribution < 1.29 is 9.90 Å². The smallest absolute Gasteiger partial charge is 0.347 e. The number of thiazole rings is 1. The molecule has 0 fully saturated rings. The van der Waals surface area contributed by atoms with Gasteiger partial charge in [0.15, 0.2) is 5.13 Å². The number of carboxylic acids is 1. The van der Waals surface area contributed by atoms with E-state index in [4.69, 9.17) is 5.11 Å². The van der Waals surface area contributed by atoms with E-state index in [2.05, 4.69) is 34.1 Å². The summed E-state index contributed by atoms with van der Waals surface area (Å²) >= 11 is 1.25. The van der Waals surface area contributed by atoms with Gasteiger partial charge in [-0.25, -0.2) is 9.78 Å². The van der Waals surface area contributed by atoms with Crippen LogP contribution in [0.3, 0.4) is 0 Å². The van der Waals surface area contributed by atoms with Crippen molar-refractivity contribution in [3.05, 3.63) is 46.5 Å². The van der Waals surface area contributed by atoms with Crippen molar-refractivity contribution in [2.75, 3.05) is 18.0 Å². The van der Waals surface area contributed by atoms with E-state index in [0.29, 0.717) is 4.88 Å². The molecule has 3 rings (SSSR count). The van der Waals surface area contributed by atoms with E-state index < -0.39 is 5.97 Å². The minimum Gasteiger partial charge on any atom is -0.477 e. The van der Waals surface area contributed by atoms with Crippen LogP contribution < -0.4 is 4.90 Å². The molecule has 0 aliphatic carbocycles. The molecule has 5 heteroatoms. The van der Waals surface area contributed by atoms with E-state index in [1.165, 1.54) is 28.7 Å². The lowest BCUT2D eigenvalue weighted by atomic mass is 10.0. The second kappa shape index (κ2) is 5.01. The van der Waals surface area contributed by atoms with Crippen molar-refractivity contribution in [2.45, 2.75) is 12.8 Å². The monoisotopic (exact) mass is 274 g/mol. The molecule has 0 saturated carbocycles. The first-order chi connectivity index (χ1) is 9.24. The fourth-order valence-corrected chi connectivity index (χ4v) is 3.18. The van der Waals surface area contributed by atoms with Crippen molar-refractivity contribution in [3.8, 4) is 0 Å². The van der Waals surface area contributed by atoms with E-state index >= 15 is 0 Å². The van der Waals surface area contributed by atoms with Gasteiger partial charge in [0.05, 0.1) is 6.20 Å². The van der Waals surface area contributed by atoms with Crippen LogP contribution in [-0.4, -0.2) is 29.1 Å². The summed E-state index contributed by atoms with van der Waals surface area (Å²) in [5.41, 5.74) is 2.78. The standard InChI is InChI=1S/C14H14N2O2S/c17-13(18)12-9-15-14(19-12)16-7-5-10-3-1-2-4-11(10)6-8-16/h1-4,9H,5-8H2,(H,17,18). The summed E-state index contributed by atoms with van der Waals surface area (Å²) in [6.45, 7) is 1.78. The second-order valence-electron chi connectivity index (χ2n) is 4.57. The number of rotatable bonds is 2. The molecule has 0 amide bonds. The van der Waals surface area contributed by atoms with Crippen LogP contribution >= 0.6 is 11.3 Å². The Labute approximate surface area is 115 Å². The number of aromatic nitrogens is 1. The summed E-state index contributed by atoms with van der Waals surface area (Å²) in [7, 11) is 0. The number of nitrogens with zero attached hydrogens (tertiary/aromatic N) is 2. The lowest BCUT2D eigenvalue weighted by Crippen LogP contribution is -2.25. The Kier molecular flexibility index (Phi) is 3.21. The van der Waals surface area contributed by atoms with Gasteiger partial charge < -0.3 is 10.0 Å². The van der Waals surface area contributed by atoms with Crippen LogP contribution in [0.4, 0.5) is 5.13 Å². The molecular formula is C14H14N2O2S. The Bertz CT molecular complexity index is 582. The lowest BCUT2D eigenvalue weighted by molar-refractivity contribution is 0.0702. The molecule has 1 N–H and O–H groups in total. The van der Waals surface area contributed by atoms with Crippen LogP contribution in [0, 0.1) is 0 Å². The van der Waals surface area contributed by atoms with Gasteiger partial charge in [0.1, 0.15) is 4.88 Å². The van der Waals surface area contributed by atoms with Crippen LogP contribution in [-0.2, 0) is 12.8 Å². The molecule has 1 aliphatic heterocycles. The fraction of sp³-hybridized carbons (Fsp3) is 0.286. The average molecular weight is 274 g/mol. The maximum absolute atomic E-state index is 10.9. The predicted octanol–water partition coefficient (Wildman–Crippen LogP) is 2.45. The van der Waals surface area contributed by atoms with Crippen LogP contribution in [0.1, 0.15) is 20.8 Å². The van der Waals surface area contributed by atoms with E-state index in [1.807, 2.05) is 0 Å². The van der Waals surface area contributed by atoms with Crippen LogP contribution in [0.15, 0.2) is 30.5 Å². The summed E-state index contributed by atoms with van der Waals surface area (Å²) < 4.78 is 0. The molecule has 0 bridgehead atoms. The van der Waals surface area contributed by atoms with Crippen molar-refractivity contribution in [1.29, 1.82) is 0 Å². The Hall–Kier alpha value is -1.88. The Balaban J connectivity index is 1.79. The summed E-state index contributed by atoms with van der Waals surface area (Å²) in [5, 5.41) is 9.76. The topological polar surface area (TPSA) is 53.4 Å².